The topological polar surface area (TPSA) is 26.3 Å². The highest BCUT2D eigenvalue weighted by molar-refractivity contribution is 5.69. The minimum Gasteiger partial charge on any atom is -0.462 e. The number of hydrogen-bond donors (Lipinski definition) is 0. The monoisotopic (exact) mass is 404 g/mol. The molecule has 0 aromatic rings. The molecule has 0 radical (unpaired) electrons. The van der Waals surface area contributed by atoms with Gasteiger partial charge in [-0.2, -0.15) is 0 Å². The van der Waals surface area contributed by atoms with Crippen LogP contribution in [0.4, 0.5) is 0 Å². The number of ether oxygens (including phenoxy) is 1. The predicted octanol–water partition coefficient (Wildman–Crippen LogP) is 8.23. The first-order valence-corrected chi connectivity index (χ1v) is 13.4. The lowest BCUT2D eigenvalue weighted by atomic mass is 9.59. The molecule has 0 aromatic carbocycles. The van der Waals surface area contributed by atoms with Gasteiger partial charge in [0.15, 0.2) is 0 Å². The molecule has 1 atom stereocenters. The van der Waals surface area contributed by atoms with E-state index in [-0.39, 0.29) is 12.1 Å². The summed E-state index contributed by atoms with van der Waals surface area (Å²) in [6.45, 7) is 4.34. The van der Waals surface area contributed by atoms with Gasteiger partial charge in [0.2, 0.25) is 0 Å². The van der Waals surface area contributed by atoms with Crippen molar-refractivity contribution in [3.8, 4) is 0 Å². The highest BCUT2D eigenvalue weighted by Crippen LogP contribution is 2.52. The van der Waals surface area contributed by atoms with E-state index in [1.807, 2.05) is 6.92 Å². The Morgan fingerprint density at radius 3 is 2.10 bits per heavy atom. The van der Waals surface area contributed by atoms with Gasteiger partial charge in [0.05, 0.1) is 0 Å². The maximum absolute atomic E-state index is 11.8. The molecule has 0 saturated heterocycles. The van der Waals surface area contributed by atoms with Crippen LogP contribution in [0.25, 0.3) is 0 Å². The van der Waals surface area contributed by atoms with Crippen LogP contribution in [0.3, 0.4) is 0 Å². The van der Waals surface area contributed by atoms with E-state index in [9.17, 15) is 4.79 Å². The lowest BCUT2D eigenvalue weighted by Crippen LogP contribution is -2.38. The van der Waals surface area contributed by atoms with Crippen molar-refractivity contribution in [2.24, 2.45) is 23.2 Å². The number of esters is 1. The van der Waals surface area contributed by atoms with Gasteiger partial charge in [0.25, 0.3) is 0 Å². The van der Waals surface area contributed by atoms with Gasteiger partial charge in [-0.3, -0.25) is 4.79 Å². The second-order valence-corrected chi connectivity index (χ2v) is 10.7. The molecule has 0 N–H and O–H groups in total. The van der Waals surface area contributed by atoms with Crippen LogP contribution in [0, 0.1) is 23.2 Å². The first-order valence-electron chi connectivity index (χ1n) is 13.4. The number of hydrogen-bond acceptors (Lipinski definition) is 2. The first kappa shape index (κ1) is 23.1. The molecular formula is C27H48O2. The van der Waals surface area contributed by atoms with Crippen LogP contribution >= 0.6 is 0 Å². The molecule has 2 nitrogen and oxygen atoms in total. The summed E-state index contributed by atoms with van der Waals surface area (Å²) in [5.41, 5.74) is 0.556. The van der Waals surface area contributed by atoms with Crippen molar-refractivity contribution in [2.75, 3.05) is 0 Å². The maximum atomic E-state index is 11.8. The smallest absolute Gasteiger partial charge is 0.305 e. The molecule has 0 amide bonds. The van der Waals surface area contributed by atoms with E-state index < -0.39 is 0 Å². The fourth-order valence-corrected chi connectivity index (χ4v) is 7.23. The van der Waals surface area contributed by atoms with Gasteiger partial charge in [0, 0.05) is 6.42 Å². The Labute approximate surface area is 180 Å². The van der Waals surface area contributed by atoms with Crippen LogP contribution in [0.1, 0.15) is 136 Å². The van der Waals surface area contributed by atoms with Gasteiger partial charge in [-0.25, -0.2) is 0 Å². The normalized spacial score (nSPS) is 30.8. The highest BCUT2D eigenvalue weighted by Gasteiger charge is 2.42. The zero-order valence-corrected chi connectivity index (χ0v) is 19.6. The molecule has 0 bridgehead atoms. The van der Waals surface area contributed by atoms with Crippen LogP contribution in [-0.2, 0) is 9.53 Å². The lowest BCUT2D eigenvalue weighted by molar-refractivity contribution is -0.152. The molecule has 3 aliphatic carbocycles. The molecule has 1 unspecified atom stereocenters. The Balaban J connectivity index is 1.55. The Hall–Kier alpha value is -0.530. The van der Waals surface area contributed by atoms with Crippen LogP contribution < -0.4 is 0 Å². The third-order valence-electron chi connectivity index (χ3n) is 9.08. The summed E-state index contributed by atoms with van der Waals surface area (Å²) in [6.07, 6.45) is 25.9. The van der Waals surface area contributed by atoms with Crippen molar-refractivity contribution in [1.82, 2.24) is 0 Å². The predicted molar refractivity (Wildman–Crippen MR) is 122 cm³/mol. The number of rotatable bonds is 9. The quantitative estimate of drug-likeness (QED) is 0.362. The van der Waals surface area contributed by atoms with Gasteiger partial charge in [0.1, 0.15) is 6.10 Å². The first-order chi connectivity index (χ1) is 14.2. The van der Waals surface area contributed by atoms with Gasteiger partial charge in [-0.1, -0.05) is 84.5 Å². The van der Waals surface area contributed by atoms with Crippen LogP contribution in [0.5, 0.6) is 0 Å². The van der Waals surface area contributed by atoms with Gasteiger partial charge >= 0.3 is 5.97 Å². The SMILES string of the molecule is CCC(=O)OC1CCC(CCCC(CC)C2CCCCC2)(C2CCCCC2)CC1. The van der Waals surface area contributed by atoms with E-state index in [2.05, 4.69) is 6.92 Å². The average Bonchev–Trinajstić information content (AvgIpc) is 2.79. The summed E-state index contributed by atoms with van der Waals surface area (Å²) in [5.74, 6) is 2.93. The molecule has 3 aliphatic rings. The van der Waals surface area contributed by atoms with E-state index in [0.717, 1.165) is 30.6 Å². The summed E-state index contributed by atoms with van der Waals surface area (Å²) in [4.78, 5) is 11.8. The van der Waals surface area contributed by atoms with Gasteiger partial charge < -0.3 is 4.74 Å². The lowest BCUT2D eigenvalue weighted by Gasteiger charge is -2.47. The molecule has 3 saturated carbocycles. The van der Waals surface area contributed by atoms with Crippen molar-refractivity contribution >= 4 is 5.97 Å². The molecule has 0 spiro atoms. The minimum atomic E-state index is -0.00145. The third-order valence-corrected chi connectivity index (χ3v) is 9.08. The van der Waals surface area contributed by atoms with Gasteiger partial charge in [-0.15, -0.1) is 0 Å². The van der Waals surface area contributed by atoms with E-state index >= 15 is 0 Å². The minimum absolute atomic E-state index is 0.00145. The summed E-state index contributed by atoms with van der Waals surface area (Å²) < 4.78 is 5.72. The van der Waals surface area contributed by atoms with Crippen molar-refractivity contribution in [3.63, 3.8) is 0 Å². The van der Waals surface area contributed by atoms with Crippen molar-refractivity contribution in [2.45, 2.75) is 142 Å². The van der Waals surface area contributed by atoms with Crippen LogP contribution in [0.15, 0.2) is 0 Å². The molecule has 29 heavy (non-hydrogen) atoms. The molecule has 3 fully saturated rings. The van der Waals surface area contributed by atoms with Gasteiger partial charge in [-0.05, 0) is 68.1 Å². The van der Waals surface area contributed by atoms with Crippen LogP contribution in [-0.4, -0.2) is 12.1 Å². The maximum Gasteiger partial charge on any atom is 0.305 e. The van der Waals surface area contributed by atoms with E-state index in [1.54, 1.807) is 0 Å². The third kappa shape index (κ3) is 6.47. The Kier molecular flexibility index (Phi) is 9.38. The summed E-state index contributed by atoms with van der Waals surface area (Å²) >= 11 is 0. The molecule has 2 heteroatoms. The average molecular weight is 405 g/mol. The summed E-state index contributed by atoms with van der Waals surface area (Å²) in [6, 6.07) is 0. The summed E-state index contributed by atoms with van der Waals surface area (Å²) in [7, 11) is 0. The standard InChI is InChI=1S/C27H48O2/c1-3-22(23-12-7-5-8-13-23)14-11-19-27(24-15-9-6-10-16-24)20-17-25(18-21-27)29-26(28)4-2/h22-25H,3-21H2,1-2H3. The molecule has 0 aliphatic heterocycles. The van der Waals surface area contributed by atoms with Crippen molar-refractivity contribution in [1.29, 1.82) is 0 Å². The Bertz CT molecular complexity index is 465. The van der Waals surface area contributed by atoms with Crippen molar-refractivity contribution in [3.05, 3.63) is 0 Å². The number of carbonyl (C=O) groups excluding carboxylic acids is 1. The van der Waals surface area contributed by atoms with E-state index in [4.69, 9.17) is 4.74 Å². The fraction of sp³-hybridized carbons (Fsp3) is 0.963. The fourth-order valence-electron chi connectivity index (χ4n) is 7.23. The molecule has 3 rings (SSSR count). The highest BCUT2D eigenvalue weighted by atomic mass is 16.5. The molecule has 168 valence electrons. The zero-order chi connectivity index (χ0) is 20.5. The van der Waals surface area contributed by atoms with Crippen LogP contribution in [0.2, 0.25) is 0 Å². The summed E-state index contributed by atoms with van der Waals surface area (Å²) in [5, 5.41) is 0. The largest absolute Gasteiger partial charge is 0.462 e. The number of carbonyl (C=O) groups is 1. The Morgan fingerprint density at radius 2 is 1.52 bits per heavy atom. The molecule has 0 aromatic heterocycles. The Morgan fingerprint density at radius 1 is 0.897 bits per heavy atom. The second-order valence-electron chi connectivity index (χ2n) is 10.7. The van der Waals surface area contributed by atoms with E-state index in [0.29, 0.717) is 11.8 Å². The molecule has 0 heterocycles. The van der Waals surface area contributed by atoms with E-state index in [1.165, 1.54) is 103 Å². The zero-order valence-electron chi connectivity index (χ0n) is 19.6. The molecular weight excluding hydrogens is 356 g/mol. The van der Waals surface area contributed by atoms with Crippen molar-refractivity contribution < 1.29 is 9.53 Å². The second kappa shape index (κ2) is 11.8.